The summed E-state index contributed by atoms with van der Waals surface area (Å²) in [6.07, 6.45) is 15.7. The van der Waals surface area contributed by atoms with E-state index in [1.807, 2.05) is 71.6 Å². The molecule has 67 heavy (non-hydrogen) atoms. The third-order valence-electron chi connectivity index (χ3n) is 14.9. The summed E-state index contributed by atoms with van der Waals surface area (Å²) < 4.78 is 61.0. The van der Waals surface area contributed by atoms with Gasteiger partial charge in [0.15, 0.2) is 0 Å². The largest absolute Gasteiger partial charge is 0.339 e. The van der Waals surface area contributed by atoms with E-state index >= 15 is 0 Å². The molecule has 0 unspecified atom stereocenters. The number of hydrogen-bond acceptors (Lipinski definition) is 8. The Morgan fingerprint density at radius 1 is 0.582 bits per heavy atom. The lowest BCUT2D eigenvalue weighted by Crippen LogP contribution is -2.39. The summed E-state index contributed by atoms with van der Waals surface area (Å²) in [6.45, 7) is 6.55. The Balaban J connectivity index is 0.710. The van der Waals surface area contributed by atoms with Crippen LogP contribution >= 0.6 is 0 Å². The Kier molecular flexibility index (Phi) is 12.8. The number of hydrogen-bond donors (Lipinski definition) is 0. The summed E-state index contributed by atoms with van der Waals surface area (Å²) in [5.74, 6) is 0.697. The fourth-order valence-corrected chi connectivity index (χ4v) is 13.9. The van der Waals surface area contributed by atoms with Gasteiger partial charge in [0.05, 0.1) is 45.2 Å². The van der Waals surface area contributed by atoms with Crippen LogP contribution in [0.3, 0.4) is 0 Å². The molecule has 0 radical (unpaired) electrons. The number of nitrogens with zero attached hydrogens (tertiary/aromatic N) is 8. The number of benzene rings is 2. The molecule has 0 N–H and O–H groups in total. The lowest BCUT2D eigenvalue weighted by atomic mass is 9.89. The molecule has 14 nitrogen and oxygen atoms in total. The van der Waals surface area contributed by atoms with Gasteiger partial charge in [0.25, 0.3) is 11.8 Å². The van der Waals surface area contributed by atoms with Crippen LogP contribution in [0.25, 0.3) is 11.0 Å². The Hall–Kier alpha value is -5.42. The normalized spacial score (nSPS) is 19.1. The molecule has 4 aliphatic rings. The van der Waals surface area contributed by atoms with E-state index in [0.29, 0.717) is 86.9 Å². The molecule has 4 saturated heterocycles. The fourth-order valence-electron chi connectivity index (χ4n) is 10.8. The van der Waals surface area contributed by atoms with Crippen molar-refractivity contribution in [2.24, 2.45) is 5.92 Å². The summed E-state index contributed by atoms with van der Waals surface area (Å²) in [5.41, 5.74) is 7.89. The molecule has 0 spiro atoms. The van der Waals surface area contributed by atoms with Gasteiger partial charge in [-0.15, -0.1) is 0 Å². The molecule has 0 saturated carbocycles. The van der Waals surface area contributed by atoms with Gasteiger partial charge >= 0.3 is 0 Å². The fraction of sp³-hybridized carbons (Fsp3) is 0.451. The second kappa shape index (κ2) is 18.9. The van der Waals surface area contributed by atoms with Crippen LogP contribution in [0.4, 0.5) is 0 Å². The van der Waals surface area contributed by atoms with Gasteiger partial charge in [-0.3, -0.25) is 9.59 Å². The molecule has 4 fully saturated rings. The molecule has 0 aliphatic carbocycles. The van der Waals surface area contributed by atoms with E-state index in [4.69, 9.17) is 0 Å². The minimum Gasteiger partial charge on any atom is -0.339 e. The number of rotatable bonds is 11. The number of likely N-dealkylation sites (tertiary alicyclic amines) is 2. The maximum absolute atomic E-state index is 14.0. The Morgan fingerprint density at radius 3 is 1.67 bits per heavy atom. The van der Waals surface area contributed by atoms with Crippen molar-refractivity contribution in [3.05, 3.63) is 137 Å². The van der Waals surface area contributed by atoms with E-state index in [1.165, 1.54) is 0 Å². The van der Waals surface area contributed by atoms with Crippen molar-refractivity contribution in [2.75, 3.05) is 52.4 Å². The van der Waals surface area contributed by atoms with Crippen molar-refractivity contribution < 1.29 is 26.4 Å². The molecular formula is C51H60N8O6S2. The maximum atomic E-state index is 14.0. The highest BCUT2D eigenvalue weighted by molar-refractivity contribution is 7.89. The maximum Gasteiger partial charge on any atom is 0.257 e. The quantitative estimate of drug-likeness (QED) is 0.132. The molecule has 2 amide bonds. The Bertz CT molecular complexity index is 2990. The molecule has 4 aliphatic heterocycles. The zero-order valence-electron chi connectivity index (χ0n) is 38.2. The first-order chi connectivity index (χ1) is 32.4. The van der Waals surface area contributed by atoms with Crippen molar-refractivity contribution in [3.63, 3.8) is 0 Å². The summed E-state index contributed by atoms with van der Waals surface area (Å²) in [5, 5.41) is 8.95. The van der Waals surface area contributed by atoms with Gasteiger partial charge in [-0.05, 0) is 148 Å². The zero-order chi connectivity index (χ0) is 46.3. The van der Waals surface area contributed by atoms with Gasteiger partial charge in [0, 0.05) is 64.8 Å². The average molecular weight is 945 g/mol. The van der Waals surface area contributed by atoms with Crippen LogP contribution in [0.15, 0.2) is 102 Å². The average Bonchev–Trinajstić information content (AvgIpc) is 3.98. The van der Waals surface area contributed by atoms with E-state index in [9.17, 15) is 26.4 Å². The topological polar surface area (TPSA) is 150 Å². The van der Waals surface area contributed by atoms with Crippen LogP contribution in [0.1, 0.15) is 118 Å². The highest BCUT2D eigenvalue weighted by Gasteiger charge is 2.33. The first-order valence-electron chi connectivity index (χ1n) is 24.1. The van der Waals surface area contributed by atoms with Crippen molar-refractivity contribution in [1.29, 1.82) is 0 Å². The molecule has 2 aromatic carbocycles. The Morgan fingerprint density at radius 2 is 1.10 bits per heavy atom. The number of sulfonamides is 2. The lowest BCUT2D eigenvalue weighted by molar-refractivity contribution is 0.0691. The van der Waals surface area contributed by atoms with Crippen LogP contribution in [0.5, 0.6) is 0 Å². The van der Waals surface area contributed by atoms with Crippen LogP contribution in [-0.4, -0.2) is 119 Å². The second-order valence-corrected chi connectivity index (χ2v) is 23.1. The standard InChI is InChI=1S/C51H60N8O6S2/c1-37-8-10-45(11-9-37)67(64,65)57-26-16-42(17-27-57)44-19-29-59-49(33-44)47(35-53-59)51(61)55-22-12-38(13-23-55)30-39-6-5-7-40(31-39)36-66(62,63)56-24-14-41(15-25-56)43-18-28-58-48(32-43)46(34-52-58)50(60)54-20-3-2-4-21-54/h5-11,18-19,28-29,31-35,38,41-42H,2-4,12-17,20-27,30,36H2,1H3. The van der Waals surface area contributed by atoms with Crippen LogP contribution < -0.4 is 0 Å². The summed E-state index contributed by atoms with van der Waals surface area (Å²) in [6, 6.07) is 23.2. The highest BCUT2D eigenvalue weighted by Crippen LogP contribution is 2.34. The SMILES string of the molecule is Cc1ccc(S(=O)(=O)N2CCC(c3ccn4ncc(C(=O)N5CCC(Cc6cccc(CS(=O)(=O)N7CCC(c8ccn9ncc(C(=O)N%10CCCCC%10)c9c8)CC7)c6)CC5)c4c3)CC2)cc1. The number of aromatic nitrogens is 4. The van der Waals surface area contributed by atoms with Gasteiger partial charge in [0.2, 0.25) is 20.0 Å². The number of carbonyl (C=O) groups is 2. The van der Waals surface area contributed by atoms with Gasteiger partial charge in [-0.2, -0.15) is 14.5 Å². The van der Waals surface area contributed by atoms with E-state index < -0.39 is 20.0 Å². The van der Waals surface area contributed by atoms with Crippen molar-refractivity contribution in [1.82, 2.24) is 37.6 Å². The number of amides is 2. The predicted molar refractivity (Wildman–Crippen MR) is 257 cm³/mol. The molecule has 4 aromatic heterocycles. The molecule has 352 valence electrons. The minimum absolute atomic E-state index is 0.0333. The number of aryl methyl sites for hydroxylation is 1. The molecule has 0 atom stereocenters. The number of pyridine rings is 2. The molecule has 0 bridgehead atoms. The van der Waals surface area contributed by atoms with Crippen LogP contribution in [0, 0.1) is 12.8 Å². The molecule has 6 aromatic rings. The number of carbonyl (C=O) groups excluding carboxylic acids is 2. The summed E-state index contributed by atoms with van der Waals surface area (Å²) >= 11 is 0. The first-order valence-corrected chi connectivity index (χ1v) is 27.1. The number of fused-ring (bicyclic) bond motifs is 2. The number of piperidine rings is 4. The van der Waals surface area contributed by atoms with Gasteiger partial charge < -0.3 is 9.80 Å². The molecular weight excluding hydrogens is 885 g/mol. The second-order valence-electron chi connectivity index (χ2n) is 19.2. The lowest BCUT2D eigenvalue weighted by Gasteiger charge is -2.32. The van der Waals surface area contributed by atoms with Gasteiger partial charge in [0.1, 0.15) is 0 Å². The van der Waals surface area contributed by atoms with E-state index in [0.717, 1.165) is 90.5 Å². The Labute approximate surface area is 393 Å². The molecule has 8 heterocycles. The first kappa shape index (κ1) is 45.4. The van der Waals surface area contributed by atoms with Crippen molar-refractivity contribution in [3.8, 4) is 0 Å². The molecule has 16 heteroatoms. The smallest absolute Gasteiger partial charge is 0.257 e. The van der Waals surface area contributed by atoms with Gasteiger partial charge in [-0.25, -0.2) is 30.2 Å². The van der Waals surface area contributed by atoms with E-state index in [1.54, 1.807) is 42.2 Å². The van der Waals surface area contributed by atoms with Gasteiger partial charge in [-0.1, -0.05) is 42.0 Å². The van der Waals surface area contributed by atoms with E-state index in [-0.39, 0.29) is 29.4 Å². The zero-order valence-corrected chi connectivity index (χ0v) is 39.9. The monoisotopic (exact) mass is 944 g/mol. The predicted octanol–water partition coefficient (Wildman–Crippen LogP) is 7.29. The van der Waals surface area contributed by atoms with E-state index in [2.05, 4.69) is 28.4 Å². The minimum atomic E-state index is -3.55. The summed E-state index contributed by atoms with van der Waals surface area (Å²) in [4.78, 5) is 31.5. The third-order valence-corrected chi connectivity index (χ3v) is 18.6. The van der Waals surface area contributed by atoms with Crippen molar-refractivity contribution in [2.45, 2.75) is 93.6 Å². The third kappa shape index (κ3) is 9.54. The summed E-state index contributed by atoms with van der Waals surface area (Å²) in [7, 11) is -7.09. The van der Waals surface area contributed by atoms with Crippen molar-refractivity contribution >= 4 is 42.9 Å². The van der Waals surface area contributed by atoms with Crippen LogP contribution in [0.2, 0.25) is 0 Å². The van der Waals surface area contributed by atoms with Crippen LogP contribution in [-0.2, 0) is 32.2 Å². The molecule has 10 rings (SSSR count). The highest BCUT2D eigenvalue weighted by atomic mass is 32.2.